The highest BCUT2D eigenvalue weighted by molar-refractivity contribution is 6.13. The summed E-state index contributed by atoms with van der Waals surface area (Å²) in [6, 6.07) is 74.6. The van der Waals surface area contributed by atoms with Gasteiger partial charge in [-0.05, 0) is 89.0 Å². The summed E-state index contributed by atoms with van der Waals surface area (Å²) >= 11 is 0. The van der Waals surface area contributed by atoms with Gasteiger partial charge in [-0.1, -0.05) is 146 Å². The molecule has 0 spiro atoms. The average Bonchev–Trinajstić information content (AvgIpc) is 4.02. The zero-order chi connectivity index (χ0) is 41.4. The van der Waals surface area contributed by atoms with Gasteiger partial charge in [0, 0.05) is 49.1 Å². The third kappa shape index (κ3) is 5.62. The Morgan fingerprint density at radius 2 is 0.825 bits per heavy atom. The Kier molecular flexibility index (Phi) is 7.80. The van der Waals surface area contributed by atoms with Gasteiger partial charge in [-0.3, -0.25) is 4.57 Å². The van der Waals surface area contributed by atoms with Crippen LogP contribution in [0.25, 0.3) is 122 Å². The van der Waals surface area contributed by atoms with Crippen LogP contribution in [0.5, 0.6) is 0 Å². The van der Waals surface area contributed by atoms with Gasteiger partial charge in [0.1, 0.15) is 11.2 Å². The lowest BCUT2D eigenvalue weighted by atomic mass is 9.97. The molecule has 0 saturated heterocycles. The van der Waals surface area contributed by atoms with Gasteiger partial charge in [-0.15, -0.1) is 0 Å². The van der Waals surface area contributed by atoms with E-state index in [9.17, 15) is 0 Å². The molecule has 13 rings (SSSR count). The van der Waals surface area contributed by atoms with Crippen molar-refractivity contribution in [2.45, 2.75) is 0 Å². The molecule has 63 heavy (non-hydrogen) atoms. The van der Waals surface area contributed by atoms with Crippen molar-refractivity contribution < 1.29 is 4.42 Å². The minimum absolute atomic E-state index is 0.550. The minimum Gasteiger partial charge on any atom is -0.456 e. The van der Waals surface area contributed by atoms with Crippen molar-refractivity contribution in [1.82, 2.24) is 24.1 Å². The van der Waals surface area contributed by atoms with Gasteiger partial charge in [0.2, 0.25) is 5.95 Å². The summed E-state index contributed by atoms with van der Waals surface area (Å²) in [5, 5.41) is 6.72. The first-order chi connectivity index (χ1) is 31.2. The highest BCUT2D eigenvalue weighted by Crippen LogP contribution is 2.40. The lowest BCUT2D eigenvalue weighted by molar-refractivity contribution is 0.669. The second-order valence-corrected chi connectivity index (χ2v) is 16.0. The van der Waals surface area contributed by atoms with Gasteiger partial charge in [0.05, 0.1) is 22.1 Å². The first kappa shape index (κ1) is 35.2. The van der Waals surface area contributed by atoms with Crippen LogP contribution in [0.3, 0.4) is 0 Å². The fraction of sp³-hybridized carbons (Fsp3) is 0. The Labute approximate surface area is 361 Å². The van der Waals surface area contributed by atoms with Crippen LogP contribution in [0.4, 0.5) is 0 Å². The summed E-state index contributed by atoms with van der Waals surface area (Å²) in [6.07, 6.45) is 0. The summed E-state index contributed by atoms with van der Waals surface area (Å²) < 4.78 is 10.8. The molecule has 0 radical (unpaired) electrons. The van der Waals surface area contributed by atoms with Crippen LogP contribution in [-0.2, 0) is 0 Å². The van der Waals surface area contributed by atoms with Crippen LogP contribution in [0.1, 0.15) is 0 Å². The van der Waals surface area contributed by atoms with Crippen molar-refractivity contribution in [2.75, 3.05) is 0 Å². The van der Waals surface area contributed by atoms with E-state index in [1.54, 1.807) is 0 Å². The molecule has 0 unspecified atom stereocenters. The quantitative estimate of drug-likeness (QED) is 0.168. The second kappa shape index (κ2) is 14.0. The van der Waals surface area contributed by atoms with Crippen molar-refractivity contribution >= 4 is 65.6 Å². The van der Waals surface area contributed by atoms with Crippen molar-refractivity contribution in [2.24, 2.45) is 0 Å². The van der Waals surface area contributed by atoms with Gasteiger partial charge < -0.3 is 8.98 Å². The van der Waals surface area contributed by atoms with E-state index in [4.69, 9.17) is 19.4 Å². The molecule has 6 heteroatoms. The van der Waals surface area contributed by atoms with E-state index in [0.717, 1.165) is 71.7 Å². The zero-order valence-corrected chi connectivity index (χ0v) is 33.9. The van der Waals surface area contributed by atoms with Crippen LogP contribution in [0.15, 0.2) is 217 Å². The Bertz CT molecular complexity index is 3920. The van der Waals surface area contributed by atoms with Gasteiger partial charge in [-0.25, -0.2) is 4.98 Å². The lowest BCUT2D eigenvalue weighted by Crippen LogP contribution is -2.06. The maximum atomic E-state index is 6.30. The predicted molar refractivity (Wildman–Crippen MR) is 258 cm³/mol. The van der Waals surface area contributed by atoms with Crippen LogP contribution >= 0.6 is 0 Å². The standard InChI is InChI=1S/C57H35N5O/c1-3-15-36(16-4-1)55-58-56(45-24-14-28-53-54(45)44-23-9-12-27-52(44)63-53)60-57(59-55)62-49-26-11-8-22-43(49)47-35-40(30-32-51(47)62)38-18-13-17-37(33-38)39-29-31-50-46(34-39)42-21-7-10-25-48(42)61(50)41-19-5-2-6-20-41/h1-35H. The molecule has 9 aromatic carbocycles. The van der Waals surface area contributed by atoms with E-state index in [0.29, 0.717) is 17.6 Å². The molecule has 0 aliphatic carbocycles. The average molecular weight is 806 g/mol. The predicted octanol–water partition coefficient (Wildman–Crippen LogP) is 14.6. The highest BCUT2D eigenvalue weighted by atomic mass is 16.3. The smallest absolute Gasteiger partial charge is 0.238 e. The van der Waals surface area contributed by atoms with Crippen molar-refractivity contribution in [3.8, 4) is 56.7 Å². The number of fused-ring (bicyclic) bond motifs is 9. The van der Waals surface area contributed by atoms with E-state index in [-0.39, 0.29) is 0 Å². The molecule has 0 saturated carbocycles. The van der Waals surface area contributed by atoms with Crippen LogP contribution in [0, 0.1) is 0 Å². The third-order valence-corrected chi connectivity index (χ3v) is 12.4. The molecular formula is C57H35N5O. The fourth-order valence-corrected chi connectivity index (χ4v) is 9.52. The number of nitrogens with zero attached hydrogens (tertiary/aromatic N) is 5. The molecule has 4 aromatic heterocycles. The summed E-state index contributed by atoms with van der Waals surface area (Å²) in [6.45, 7) is 0. The largest absolute Gasteiger partial charge is 0.456 e. The lowest BCUT2D eigenvalue weighted by Gasteiger charge is -2.12. The number of benzene rings is 9. The monoisotopic (exact) mass is 805 g/mol. The van der Waals surface area contributed by atoms with E-state index in [1.165, 1.54) is 32.9 Å². The Hall–Kier alpha value is -8.61. The summed E-state index contributed by atoms with van der Waals surface area (Å²) in [4.78, 5) is 15.6. The first-order valence-corrected chi connectivity index (χ1v) is 21.2. The molecule has 6 nitrogen and oxygen atoms in total. The van der Waals surface area contributed by atoms with Gasteiger partial charge in [0.15, 0.2) is 11.6 Å². The number of furan rings is 1. The molecule has 0 aliphatic heterocycles. The summed E-state index contributed by atoms with van der Waals surface area (Å²) in [5.74, 6) is 1.73. The normalized spacial score (nSPS) is 11.8. The molecule has 0 bridgehead atoms. The molecule has 4 heterocycles. The first-order valence-electron chi connectivity index (χ1n) is 21.2. The summed E-state index contributed by atoms with van der Waals surface area (Å²) in [7, 11) is 0. The number of hydrogen-bond acceptors (Lipinski definition) is 4. The minimum atomic E-state index is 0.550. The van der Waals surface area contributed by atoms with Gasteiger partial charge in [0.25, 0.3) is 0 Å². The Morgan fingerprint density at radius 3 is 1.54 bits per heavy atom. The number of para-hydroxylation sites is 4. The highest BCUT2D eigenvalue weighted by Gasteiger charge is 2.21. The molecule has 0 atom stereocenters. The van der Waals surface area contributed by atoms with E-state index < -0.39 is 0 Å². The Balaban J connectivity index is 0.957. The number of hydrogen-bond donors (Lipinski definition) is 0. The summed E-state index contributed by atoms with van der Waals surface area (Å²) in [5.41, 5.74) is 13.6. The number of aromatic nitrogens is 5. The maximum absolute atomic E-state index is 6.30. The molecule has 0 aliphatic rings. The van der Waals surface area contributed by atoms with Gasteiger partial charge in [-0.2, -0.15) is 9.97 Å². The molecule has 294 valence electrons. The zero-order valence-electron chi connectivity index (χ0n) is 33.9. The van der Waals surface area contributed by atoms with Crippen molar-refractivity contribution in [3.63, 3.8) is 0 Å². The molecule has 13 aromatic rings. The van der Waals surface area contributed by atoms with E-state index in [1.807, 2.05) is 60.7 Å². The van der Waals surface area contributed by atoms with Crippen molar-refractivity contribution in [3.05, 3.63) is 212 Å². The van der Waals surface area contributed by atoms with Crippen LogP contribution in [-0.4, -0.2) is 24.1 Å². The Morgan fingerprint density at radius 1 is 0.317 bits per heavy atom. The van der Waals surface area contributed by atoms with Crippen molar-refractivity contribution in [1.29, 1.82) is 0 Å². The molecule has 0 fully saturated rings. The fourth-order valence-electron chi connectivity index (χ4n) is 9.52. The molecule has 0 amide bonds. The van der Waals surface area contributed by atoms with Gasteiger partial charge >= 0.3 is 0 Å². The van der Waals surface area contributed by atoms with E-state index >= 15 is 0 Å². The number of rotatable bonds is 6. The van der Waals surface area contributed by atoms with Crippen LogP contribution < -0.4 is 0 Å². The SMILES string of the molecule is c1ccc(-c2nc(-c3cccc4oc5ccccc5c34)nc(-n3c4ccccc4c4cc(-c5cccc(-c6ccc7c(c6)c6ccccc6n7-c6ccccc6)c5)ccc43)n2)cc1. The third-order valence-electron chi connectivity index (χ3n) is 12.4. The molecule has 0 N–H and O–H groups in total. The maximum Gasteiger partial charge on any atom is 0.238 e. The van der Waals surface area contributed by atoms with E-state index in [2.05, 4.69) is 161 Å². The van der Waals surface area contributed by atoms with Crippen LogP contribution in [0.2, 0.25) is 0 Å². The molecular weight excluding hydrogens is 771 g/mol. The topological polar surface area (TPSA) is 61.7 Å². The second-order valence-electron chi connectivity index (χ2n) is 16.0.